The fourth-order valence-corrected chi connectivity index (χ4v) is 4.07. The molecule has 2 aromatic heterocycles. The summed E-state index contributed by atoms with van der Waals surface area (Å²) in [5.41, 5.74) is 2.70. The SMILES string of the molecule is Cc1nc2c3ccccc3nc(N3CCN(Cc4ccc(F)cc4Cl)CC3)n2n1. The van der Waals surface area contributed by atoms with E-state index in [-0.39, 0.29) is 5.82 Å². The van der Waals surface area contributed by atoms with Crippen LogP contribution >= 0.6 is 11.6 Å². The van der Waals surface area contributed by atoms with E-state index in [9.17, 15) is 4.39 Å². The van der Waals surface area contributed by atoms with Crippen LogP contribution in [0, 0.1) is 12.7 Å². The summed E-state index contributed by atoms with van der Waals surface area (Å²) < 4.78 is 15.1. The molecular formula is C21H20ClFN6. The second kappa shape index (κ2) is 7.24. The highest BCUT2D eigenvalue weighted by Crippen LogP contribution is 2.24. The van der Waals surface area contributed by atoms with Crippen molar-refractivity contribution < 1.29 is 4.39 Å². The van der Waals surface area contributed by atoms with Gasteiger partial charge < -0.3 is 4.90 Å². The largest absolute Gasteiger partial charge is 0.338 e. The quantitative estimate of drug-likeness (QED) is 0.515. The topological polar surface area (TPSA) is 49.6 Å². The Balaban J connectivity index is 1.39. The minimum absolute atomic E-state index is 0.307. The van der Waals surface area contributed by atoms with Gasteiger partial charge in [-0.15, -0.1) is 5.10 Å². The molecule has 0 saturated carbocycles. The number of anilines is 1. The van der Waals surface area contributed by atoms with Crippen LogP contribution in [-0.4, -0.2) is 50.7 Å². The van der Waals surface area contributed by atoms with E-state index in [0.717, 1.165) is 60.1 Å². The summed E-state index contributed by atoms with van der Waals surface area (Å²) in [6, 6.07) is 12.6. The van der Waals surface area contributed by atoms with Gasteiger partial charge in [-0.3, -0.25) is 4.90 Å². The maximum Gasteiger partial charge on any atom is 0.229 e. The van der Waals surface area contributed by atoms with Gasteiger partial charge in [0.25, 0.3) is 0 Å². The molecule has 0 N–H and O–H groups in total. The summed E-state index contributed by atoms with van der Waals surface area (Å²) in [5.74, 6) is 1.24. The van der Waals surface area contributed by atoms with Crippen LogP contribution in [-0.2, 0) is 6.54 Å². The van der Waals surface area contributed by atoms with Crippen LogP contribution in [0.5, 0.6) is 0 Å². The van der Waals surface area contributed by atoms with E-state index >= 15 is 0 Å². The number of piperazine rings is 1. The van der Waals surface area contributed by atoms with E-state index in [1.54, 1.807) is 6.07 Å². The highest BCUT2D eigenvalue weighted by atomic mass is 35.5. The number of rotatable bonds is 3. The van der Waals surface area contributed by atoms with E-state index in [0.29, 0.717) is 11.6 Å². The van der Waals surface area contributed by atoms with Gasteiger partial charge in [0.15, 0.2) is 5.65 Å². The maximum atomic E-state index is 13.3. The summed E-state index contributed by atoms with van der Waals surface area (Å²) in [7, 11) is 0. The maximum absolute atomic E-state index is 13.3. The van der Waals surface area contributed by atoms with E-state index in [2.05, 4.69) is 19.9 Å². The number of hydrogen-bond acceptors (Lipinski definition) is 5. The zero-order valence-corrected chi connectivity index (χ0v) is 16.8. The molecule has 0 atom stereocenters. The zero-order valence-electron chi connectivity index (χ0n) is 16.0. The summed E-state index contributed by atoms with van der Waals surface area (Å²) in [4.78, 5) is 14.1. The number of fused-ring (bicyclic) bond motifs is 3. The molecule has 0 spiro atoms. The fourth-order valence-electron chi connectivity index (χ4n) is 3.85. The van der Waals surface area contributed by atoms with Crippen molar-refractivity contribution in [2.24, 2.45) is 0 Å². The van der Waals surface area contributed by atoms with Crippen molar-refractivity contribution in [3.63, 3.8) is 0 Å². The minimum atomic E-state index is -0.307. The molecule has 1 fully saturated rings. The summed E-state index contributed by atoms with van der Waals surface area (Å²) in [6.45, 7) is 5.96. The first kappa shape index (κ1) is 18.3. The van der Waals surface area contributed by atoms with Gasteiger partial charge in [-0.2, -0.15) is 4.52 Å². The molecule has 29 heavy (non-hydrogen) atoms. The van der Waals surface area contributed by atoms with Crippen molar-refractivity contribution in [3.8, 4) is 0 Å². The van der Waals surface area contributed by atoms with E-state index in [4.69, 9.17) is 16.6 Å². The Bertz CT molecular complexity index is 1200. The highest BCUT2D eigenvalue weighted by molar-refractivity contribution is 6.31. The van der Waals surface area contributed by atoms with Crippen molar-refractivity contribution in [2.45, 2.75) is 13.5 Å². The standard InChI is InChI=1S/C21H20ClFN6/c1-14-24-20-17-4-2-3-5-19(17)25-21(29(20)26-14)28-10-8-27(9-11-28)13-15-6-7-16(23)12-18(15)22/h2-7,12H,8-11,13H2,1H3. The Hall–Kier alpha value is -2.77. The minimum Gasteiger partial charge on any atom is -0.338 e. The van der Waals surface area contributed by atoms with Crippen LogP contribution in [0.4, 0.5) is 10.3 Å². The predicted octanol–water partition coefficient (Wildman–Crippen LogP) is 3.70. The molecule has 8 heteroatoms. The molecule has 148 valence electrons. The number of hydrogen-bond donors (Lipinski definition) is 0. The number of halogens is 2. The van der Waals surface area contributed by atoms with Crippen molar-refractivity contribution in [3.05, 3.63) is 64.7 Å². The number of nitrogens with zero attached hydrogens (tertiary/aromatic N) is 6. The Kier molecular flexibility index (Phi) is 4.56. The third kappa shape index (κ3) is 3.41. The van der Waals surface area contributed by atoms with Gasteiger partial charge in [-0.1, -0.05) is 29.8 Å². The molecule has 1 aliphatic heterocycles. The normalized spacial score (nSPS) is 15.5. The summed E-state index contributed by atoms with van der Waals surface area (Å²) in [5, 5.41) is 6.06. The Morgan fingerprint density at radius 1 is 1.03 bits per heavy atom. The summed E-state index contributed by atoms with van der Waals surface area (Å²) >= 11 is 6.19. The third-order valence-corrected chi connectivity index (χ3v) is 5.68. The third-order valence-electron chi connectivity index (χ3n) is 5.33. The molecule has 3 heterocycles. The average molecular weight is 411 g/mol. The van der Waals surface area contributed by atoms with Gasteiger partial charge in [-0.25, -0.2) is 14.4 Å². The van der Waals surface area contributed by atoms with Crippen molar-refractivity contribution >= 4 is 34.1 Å². The molecule has 1 aliphatic rings. The van der Waals surface area contributed by atoms with Crippen molar-refractivity contribution in [2.75, 3.05) is 31.1 Å². The number of para-hydroxylation sites is 1. The summed E-state index contributed by atoms with van der Waals surface area (Å²) in [6.07, 6.45) is 0. The van der Waals surface area contributed by atoms with Gasteiger partial charge in [0, 0.05) is 43.1 Å². The second-order valence-electron chi connectivity index (χ2n) is 7.32. The van der Waals surface area contributed by atoms with Crippen LogP contribution in [0.3, 0.4) is 0 Å². The molecule has 1 saturated heterocycles. The molecule has 0 unspecified atom stereocenters. The number of benzene rings is 2. The first-order valence-corrected chi connectivity index (χ1v) is 9.99. The lowest BCUT2D eigenvalue weighted by molar-refractivity contribution is 0.248. The van der Waals surface area contributed by atoms with Crippen LogP contribution < -0.4 is 4.90 Å². The first-order valence-electron chi connectivity index (χ1n) is 9.62. The monoisotopic (exact) mass is 410 g/mol. The van der Waals surface area contributed by atoms with Crippen LogP contribution in [0.2, 0.25) is 5.02 Å². The first-order chi connectivity index (χ1) is 14.1. The smallest absolute Gasteiger partial charge is 0.229 e. The van der Waals surface area contributed by atoms with Crippen LogP contribution in [0.1, 0.15) is 11.4 Å². The number of aromatic nitrogens is 4. The van der Waals surface area contributed by atoms with E-state index < -0.39 is 0 Å². The number of aryl methyl sites for hydroxylation is 1. The zero-order chi connectivity index (χ0) is 20.0. The van der Waals surface area contributed by atoms with E-state index in [1.165, 1.54) is 12.1 Å². The van der Waals surface area contributed by atoms with Gasteiger partial charge in [-0.05, 0) is 36.8 Å². The van der Waals surface area contributed by atoms with Gasteiger partial charge in [0.1, 0.15) is 11.6 Å². The van der Waals surface area contributed by atoms with Crippen LogP contribution in [0.15, 0.2) is 42.5 Å². The Morgan fingerprint density at radius 3 is 2.62 bits per heavy atom. The van der Waals surface area contributed by atoms with E-state index in [1.807, 2.05) is 35.7 Å². The molecule has 0 amide bonds. The molecule has 0 radical (unpaired) electrons. The second-order valence-corrected chi connectivity index (χ2v) is 7.73. The highest BCUT2D eigenvalue weighted by Gasteiger charge is 2.23. The van der Waals surface area contributed by atoms with Gasteiger partial charge >= 0.3 is 0 Å². The lowest BCUT2D eigenvalue weighted by Crippen LogP contribution is -2.47. The van der Waals surface area contributed by atoms with Gasteiger partial charge in [0.2, 0.25) is 5.95 Å². The molecule has 0 bridgehead atoms. The lowest BCUT2D eigenvalue weighted by Gasteiger charge is -2.35. The Morgan fingerprint density at radius 2 is 1.83 bits per heavy atom. The fraction of sp³-hybridized carbons (Fsp3) is 0.286. The lowest BCUT2D eigenvalue weighted by atomic mass is 10.2. The molecule has 4 aromatic rings. The van der Waals surface area contributed by atoms with Crippen molar-refractivity contribution in [1.82, 2.24) is 24.5 Å². The molecule has 0 aliphatic carbocycles. The predicted molar refractivity (Wildman–Crippen MR) is 112 cm³/mol. The molecule has 2 aromatic carbocycles. The Labute approximate surface area is 172 Å². The molecule has 5 rings (SSSR count). The van der Waals surface area contributed by atoms with Crippen LogP contribution in [0.25, 0.3) is 16.6 Å². The molecule has 6 nitrogen and oxygen atoms in total. The van der Waals surface area contributed by atoms with Gasteiger partial charge in [0.05, 0.1) is 5.52 Å². The van der Waals surface area contributed by atoms with Crippen molar-refractivity contribution in [1.29, 1.82) is 0 Å². The molecular weight excluding hydrogens is 391 g/mol. The average Bonchev–Trinajstić information content (AvgIpc) is 3.12.